The summed E-state index contributed by atoms with van der Waals surface area (Å²) in [5.41, 5.74) is 0.290. The van der Waals surface area contributed by atoms with Crippen LogP contribution in [0.15, 0.2) is 36.5 Å². The predicted octanol–water partition coefficient (Wildman–Crippen LogP) is 3.47. The van der Waals surface area contributed by atoms with Gasteiger partial charge in [-0.05, 0) is 42.5 Å². The quantitative estimate of drug-likeness (QED) is 0.361. The zero-order valence-electron chi connectivity index (χ0n) is 19.0. The molecular formula is C24H20F4N4O4. The SMILES string of the molecule is CC(=O)c1nn(CC(=O)N2[C@@H]3C[C@@H]3C[C@H]2C(=O)Cc2cccc(OC(F)(F)F)c2F)c2ncccc12. The monoisotopic (exact) mass is 504 g/mol. The fourth-order valence-corrected chi connectivity index (χ4v) is 4.89. The molecule has 3 atom stereocenters. The Morgan fingerprint density at radius 2 is 1.92 bits per heavy atom. The molecule has 3 aromatic rings. The molecule has 2 aromatic heterocycles. The number of piperidine rings is 1. The number of carbonyl (C=O) groups excluding carboxylic acids is 3. The van der Waals surface area contributed by atoms with Gasteiger partial charge in [0.2, 0.25) is 5.91 Å². The van der Waals surface area contributed by atoms with Gasteiger partial charge in [0.05, 0.1) is 11.4 Å². The van der Waals surface area contributed by atoms with Crippen molar-refractivity contribution in [2.75, 3.05) is 0 Å². The first kappa shape index (κ1) is 23.9. The van der Waals surface area contributed by atoms with Crippen LogP contribution in [0.3, 0.4) is 0 Å². The fourth-order valence-electron chi connectivity index (χ4n) is 4.89. The Bertz CT molecular complexity index is 1390. The van der Waals surface area contributed by atoms with E-state index in [-0.39, 0.29) is 35.5 Å². The van der Waals surface area contributed by atoms with Crippen LogP contribution in [-0.4, -0.2) is 55.6 Å². The summed E-state index contributed by atoms with van der Waals surface area (Å²) in [7, 11) is 0. The molecule has 1 aliphatic carbocycles. The average molecular weight is 504 g/mol. The third-order valence-corrected chi connectivity index (χ3v) is 6.52. The number of nitrogens with zero attached hydrogens (tertiary/aromatic N) is 4. The van der Waals surface area contributed by atoms with Gasteiger partial charge in [-0.15, -0.1) is 13.2 Å². The first-order valence-corrected chi connectivity index (χ1v) is 11.2. The van der Waals surface area contributed by atoms with Crippen LogP contribution >= 0.6 is 0 Å². The van der Waals surface area contributed by atoms with Gasteiger partial charge in [0.1, 0.15) is 12.2 Å². The number of alkyl halides is 3. The Labute approximate surface area is 201 Å². The van der Waals surface area contributed by atoms with Crippen molar-refractivity contribution in [3.05, 3.63) is 53.6 Å². The molecule has 2 fully saturated rings. The number of ketones is 2. The van der Waals surface area contributed by atoms with Crippen molar-refractivity contribution < 1.29 is 36.7 Å². The molecule has 0 spiro atoms. The minimum Gasteiger partial charge on any atom is -0.403 e. The third-order valence-electron chi connectivity index (χ3n) is 6.52. The molecule has 1 amide bonds. The number of fused-ring (bicyclic) bond motifs is 2. The van der Waals surface area contributed by atoms with E-state index in [0.717, 1.165) is 12.5 Å². The van der Waals surface area contributed by atoms with E-state index in [1.54, 1.807) is 12.1 Å². The van der Waals surface area contributed by atoms with E-state index in [9.17, 15) is 31.9 Å². The fraction of sp³-hybridized carbons (Fsp3) is 0.375. The van der Waals surface area contributed by atoms with E-state index in [4.69, 9.17) is 0 Å². The van der Waals surface area contributed by atoms with E-state index in [2.05, 4.69) is 14.8 Å². The lowest BCUT2D eigenvalue weighted by Gasteiger charge is -2.27. The van der Waals surface area contributed by atoms with Crippen molar-refractivity contribution >= 4 is 28.5 Å². The van der Waals surface area contributed by atoms with E-state index >= 15 is 0 Å². The van der Waals surface area contributed by atoms with Gasteiger partial charge < -0.3 is 9.64 Å². The second-order valence-corrected chi connectivity index (χ2v) is 8.97. The Morgan fingerprint density at radius 1 is 1.14 bits per heavy atom. The lowest BCUT2D eigenvalue weighted by atomic mass is 9.99. The number of hydrogen-bond donors (Lipinski definition) is 0. The number of pyridine rings is 1. The van der Waals surface area contributed by atoms with Gasteiger partial charge in [0.15, 0.2) is 28.8 Å². The van der Waals surface area contributed by atoms with Gasteiger partial charge >= 0.3 is 6.36 Å². The van der Waals surface area contributed by atoms with Crippen LogP contribution in [0.25, 0.3) is 11.0 Å². The van der Waals surface area contributed by atoms with Crippen molar-refractivity contribution in [1.29, 1.82) is 0 Å². The molecule has 1 saturated carbocycles. The number of amides is 1. The second-order valence-electron chi connectivity index (χ2n) is 8.97. The average Bonchev–Trinajstić information content (AvgIpc) is 3.31. The molecule has 36 heavy (non-hydrogen) atoms. The number of likely N-dealkylation sites (tertiary alicyclic amines) is 1. The number of carbonyl (C=O) groups is 3. The summed E-state index contributed by atoms with van der Waals surface area (Å²) in [4.78, 5) is 44.1. The number of benzene rings is 1. The lowest BCUT2D eigenvalue weighted by molar-refractivity contribution is -0.275. The smallest absolute Gasteiger partial charge is 0.403 e. The van der Waals surface area contributed by atoms with Crippen molar-refractivity contribution in [3.8, 4) is 5.75 Å². The predicted molar refractivity (Wildman–Crippen MR) is 116 cm³/mol. The van der Waals surface area contributed by atoms with E-state index in [0.29, 0.717) is 17.5 Å². The minimum atomic E-state index is -5.08. The van der Waals surface area contributed by atoms with Gasteiger partial charge in [-0.3, -0.25) is 14.4 Å². The Balaban J connectivity index is 1.35. The van der Waals surface area contributed by atoms with Crippen LogP contribution < -0.4 is 4.74 Å². The first-order valence-electron chi connectivity index (χ1n) is 11.2. The molecule has 1 saturated heterocycles. The van der Waals surface area contributed by atoms with Crippen molar-refractivity contribution in [2.24, 2.45) is 5.92 Å². The maximum Gasteiger partial charge on any atom is 0.573 e. The van der Waals surface area contributed by atoms with Gasteiger partial charge in [-0.1, -0.05) is 12.1 Å². The van der Waals surface area contributed by atoms with E-state index in [1.807, 2.05) is 0 Å². The number of Topliss-reactive ketones (excluding diaryl/α,β-unsaturated/α-hetero) is 2. The number of halogens is 4. The van der Waals surface area contributed by atoms with Crippen LogP contribution in [-0.2, 0) is 22.6 Å². The highest BCUT2D eigenvalue weighted by Crippen LogP contribution is 2.48. The highest BCUT2D eigenvalue weighted by Gasteiger charge is 2.55. The molecule has 2 aliphatic rings. The topological polar surface area (TPSA) is 94.4 Å². The second kappa shape index (κ2) is 8.68. The van der Waals surface area contributed by atoms with Crippen molar-refractivity contribution in [3.63, 3.8) is 0 Å². The Morgan fingerprint density at radius 3 is 2.64 bits per heavy atom. The van der Waals surface area contributed by atoms with Gasteiger partial charge in [-0.2, -0.15) is 5.10 Å². The standard InChI is InChI=1S/C24H20F4N4O4/c1-12(33)22-15-5-3-7-29-23(15)31(30-22)11-20(35)32-16-8-14(16)9-17(32)18(34)10-13-4-2-6-19(21(13)25)36-24(26,27)28/h2-7,14,16-17H,8-11H2,1H3/t14-,16-,17+/m1/s1. The molecule has 0 unspecified atom stereocenters. The summed E-state index contributed by atoms with van der Waals surface area (Å²) in [5.74, 6) is -3.32. The zero-order valence-corrected chi connectivity index (χ0v) is 19.0. The number of hydrogen-bond acceptors (Lipinski definition) is 6. The molecule has 8 nitrogen and oxygen atoms in total. The lowest BCUT2D eigenvalue weighted by Crippen LogP contribution is -2.45. The van der Waals surface area contributed by atoms with Crippen molar-refractivity contribution in [2.45, 2.75) is 51.2 Å². The summed E-state index contributed by atoms with van der Waals surface area (Å²) in [6.07, 6.45) is -2.93. The van der Waals surface area contributed by atoms with E-state index in [1.165, 1.54) is 34.8 Å². The first-order chi connectivity index (χ1) is 17.0. The molecular weight excluding hydrogens is 484 g/mol. The number of aromatic nitrogens is 3. The molecule has 1 aromatic carbocycles. The van der Waals surface area contributed by atoms with Crippen LogP contribution in [0.1, 0.15) is 35.8 Å². The van der Waals surface area contributed by atoms with Gasteiger partial charge in [-0.25, -0.2) is 14.1 Å². The summed E-state index contributed by atoms with van der Waals surface area (Å²) < 4.78 is 57.2. The molecule has 0 N–H and O–H groups in total. The Kier molecular flexibility index (Phi) is 5.76. The summed E-state index contributed by atoms with van der Waals surface area (Å²) >= 11 is 0. The molecule has 0 radical (unpaired) electrons. The van der Waals surface area contributed by atoms with Crippen LogP contribution in [0.5, 0.6) is 5.75 Å². The number of rotatable bonds is 7. The summed E-state index contributed by atoms with van der Waals surface area (Å²) in [5, 5.41) is 4.75. The van der Waals surface area contributed by atoms with Gasteiger partial charge in [0, 0.05) is 25.6 Å². The molecule has 188 valence electrons. The summed E-state index contributed by atoms with van der Waals surface area (Å²) in [6.45, 7) is 1.11. The maximum absolute atomic E-state index is 14.6. The molecule has 3 heterocycles. The molecule has 12 heteroatoms. The Hall–Kier alpha value is -3.83. The zero-order chi connectivity index (χ0) is 25.8. The molecule has 1 aliphatic heterocycles. The largest absolute Gasteiger partial charge is 0.573 e. The highest BCUT2D eigenvalue weighted by molar-refractivity contribution is 6.04. The third kappa shape index (κ3) is 4.42. The number of ether oxygens (including phenoxy) is 1. The van der Waals surface area contributed by atoms with Crippen LogP contribution in [0.2, 0.25) is 0 Å². The van der Waals surface area contributed by atoms with E-state index < -0.39 is 42.1 Å². The summed E-state index contributed by atoms with van der Waals surface area (Å²) in [6, 6.07) is 5.56. The van der Waals surface area contributed by atoms with Crippen LogP contribution in [0.4, 0.5) is 17.6 Å². The minimum absolute atomic E-state index is 0.132. The highest BCUT2D eigenvalue weighted by atomic mass is 19.4. The van der Waals surface area contributed by atoms with Crippen LogP contribution in [0, 0.1) is 11.7 Å². The molecule has 5 rings (SSSR count). The normalized spacial score (nSPS) is 20.9. The van der Waals surface area contributed by atoms with Crippen molar-refractivity contribution in [1.82, 2.24) is 19.7 Å². The molecule has 0 bridgehead atoms. The van der Waals surface area contributed by atoms with Gasteiger partial charge in [0.25, 0.3) is 0 Å². The maximum atomic E-state index is 14.6.